The summed E-state index contributed by atoms with van der Waals surface area (Å²) in [6.07, 6.45) is 2.49. The van der Waals surface area contributed by atoms with Crippen molar-refractivity contribution in [1.82, 2.24) is 4.72 Å². The van der Waals surface area contributed by atoms with Crippen LogP contribution in [-0.4, -0.2) is 32.0 Å². The van der Waals surface area contributed by atoms with E-state index >= 15 is 0 Å². The predicted molar refractivity (Wildman–Crippen MR) is 74.4 cm³/mol. The molecule has 0 saturated heterocycles. The first kappa shape index (κ1) is 16.8. The average Bonchev–Trinajstić information content (AvgIpc) is 2.98. The molecule has 0 aromatic rings. The van der Waals surface area contributed by atoms with E-state index in [2.05, 4.69) is 6.58 Å². The summed E-state index contributed by atoms with van der Waals surface area (Å²) in [6, 6.07) is 0. The summed E-state index contributed by atoms with van der Waals surface area (Å²) < 4.78 is 67.0. The molecule has 1 N–H and O–H groups in total. The van der Waals surface area contributed by atoms with Crippen LogP contribution in [0.5, 0.6) is 0 Å². The molecule has 4 aliphatic carbocycles. The van der Waals surface area contributed by atoms with Gasteiger partial charge in [0, 0.05) is 24.0 Å². The number of alkyl halides is 3. The number of esters is 1. The molecule has 4 aliphatic rings. The van der Waals surface area contributed by atoms with Gasteiger partial charge in [-0.2, -0.15) is 13.2 Å². The highest BCUT2D eigenvalue weighted by Gasteiger charge is 2.76. The summed E-state index contributed by atoms with van der Waals surface area (Å²) in [5.74, 6) is -0.633. The van der Waals surface area contributed by atoms with Crippen LogP contribution in [0.15, 0.2) is 12.2 Å². The maximum Gasteiger partial charge on any atom is 0.511 e. The molecule has 5 atom stereocenters. The first-order chi connectivity index (χ1) is 10.5. The van der Waals surface area contributed by atoms with Gasteiger partial charge in [-0.05, 0) is 38.0 Å². The summed E-state index contributed by atoms with van der Waals surface area (Å²) in [5.41, 5.74) is -5.94. The minimum atomic E-state index is -5.38. The van der Waals surface area contributed by atoms with Crippen molar-refractivity contribution in [2.45, 2.75) is 37.3 Å². The molecule has 5 nitrogen and oxygen atoms in total. The fraction of sp³-hybridized carbons (Fsp3) is 0.786. The lowest BCUT2D eigenvalue weighted by Crippen LogP contribution is -2.61. The van der Waals surface area contributed by atoms with Crippen LogP contribution in [0, 0.1) is 23.7 Å². The lowest BCUT2D eigenvalue weighted by atomic mass is 9.60. The Balaban J connectivity index is 1.76. The topological polar surface area (TPSA) is 72.5 Å². The number of rotatable bonds is 5. The van der Waals surface area contributed by atoms with Gasteiger partial charge in [0.1, 0.15) is 5.60 Å². The Morgan fingerprint density at radius 3 is 2.57 bits per heavy atom. The second kappa shape index (κ2) is 4.95. The molecule has 0 spiro atoms. The first-order valence-electron chi connectivity index (χ1n) is 7.45. The van der Waals surface area contributed by atoms with E-state index < -0.39 is 33.0 Å². The van der Waals surface area contributed by atoms with Crippen LogP contribution in [0.2, 0.25) is 0 Å². The SMILES string of the molecule is C=C(C)C(=O)OC12C3CCC1C(C3)C2CNS(=O)(=O)C(F)(F)F. The first-order valence-corrected chi connectivity index (χ1v) is 8.94. The minimum Gasteiger partial charge on any atom is -0.455 e. The predicted octanol–water partition coefficient (Wildman–Crippen LogP) is 1.96. The molecular formula is C14H18F3NO4S. The summed E-state index contributed by atoms with van der Waals surface area (Å²) in [7, 11) is -5.38. The van der Waals surface area contributed by atoms with Crippen LogP contribution in [0.1, 0.15) is 26.2 Å². The van der Waals surface area contributed by atoms with Crippen molar-refractivity contribution in [3.8, 4) is 0 Å². The van der Waals surface area contributed by atoms with E-state index in [0.29, 0.717) is 0 Å². The van der Waals surface area contributed by atoms with Crippen molar-refractivity contribution < 1.29 is 31.1 Å². The number of halogens is 3. The monoisotopic (exact) mass is 353 g/mol. The van der Waals surface area contributed by atoms with E-state index in [4.69, 9.17) is 4.74 Å². The Morgan fingerprint density at radius 2 is 2.04 bits per heavy atom. The van der Waals surface area contributed by atoms with Gasteiger partial charge in [0.2, 0.25) is 0 Å². The highest BCUT2D eigenvalue weighted by atomic mass is 32.2. The molecule has 4 bridgehead atoms. The van der Waals surface area contributed by atoms with Crippen molar-refractivity contribution in [2.75, 3.05) is 6.54 Å². The highest BCUT2D eigenvalue weighted by Crippen LogP contribution is 2.72. The van der Waals surface area contributed by atoms with Crippen molar-refractivity contribution in [1.29, 1.82) is 0 Å². The Kier molecular flexibility index (Phi) is 3.61. The number of hydrogen-bond acceptors (Lipinski definition) is 4. The van der Waals surface area contributed by atoms with Gasteiger partial charge >= 0.3 is 21.5 Å². The molecule has 0 amide bonds. The maximum atomic E-state index is 12.4. The van der Waals surface area contributed by atoms with Crippen molar-refractivity contribution >= 4 is 16.0 Å². The zero-order chi connectivity index (χ0) is 17.2. The van der Waals surface area contributed by atoms with Crippen LogP contribution >= 0.6 is 0 Å². The smallest absolute Gasteiger partial charge is 0.455 e. The van der Waals surface area contributed by atoms with E-state index in [-0.39, 0.29) is 29.9 Å². The van der Waals surface area contributed by atoms with Gasteiger partial charge in [-0.1, -0.05) is 6.58 Å². The number of ether oxygens (including phenoxy) is 1. The van der Waals surface area contributed by atoms with Crippen LogP contribution in [0.4, 0.5) is 13.2 Å². The lowest BCUT2D eigenvalue weighted by Gasteiger charge is -2.52. The van der Waals surface area contributed by atoms with Crippen LogP contribution < -0.4 is 4.72 Å². The normalized spacial score (nSPS) is 38.3. The van der Waals surface area contributed by atoms with Crippen molar-refractivity contribution in [3.05, 3.63) is 12.2 Å². The molecule has 0 aromatic heterocycles. The van der Waals surface area contributed by atoms with Crippen molar-refractivity contribution in [2.24, 2.45) is 23.7 Å². The second-order valence-corrected chi connectivity index (χ2v) is 8.47. The summed E-state index contributed by atoms with van der Waals surface area (Å²) >= 11 is 0. The largest absolute Gasteiger partial charge is 0.511 e. The number of carbonyl (C=O) groups excluding carboxylic acids is 1. The van der Waals surface area contributed by atoms with Gasteiger partial charge in [-0.25, -0.2) is 17.9 Å². The van der Waals surface area contributed by atoms with E-state index in [9.17, 15) is 26.4 Å². The number of nitrogens with one attached hydrogen (secondary N) is 1. The molecule has 4 saturated carbocycles. The van der Waals surface area contributed by atoms with Gasteiger partial charge in [0.05, 0.1) is 0 Å². The molecule has 0 radical (unpaired) electrons. The fourth-order valence-corrected chi connectivity index (χ4v) is 5.35. The molecule has 0 aliphatic heterocycles. The number of carbonyl (C=O) groups is 1. The summed E-state index contributed by atoms with van der Waals surface area (Å²) in [5, 5.41) is 0. The lowest BCUT2D eigenvalue weighted by molar-refractivity contribution is -0.193. The Hall–Kier alpha value is -1.09. The Morgan fingerprint density at radius 1 is 1.39 bits per heavy atom. The van der Waals surface area contributed by atoms with Crippen molar-refractivity contribution in [3.63, 3.8) is 0 Å². The molecule has 4 fully saturated rings. The van der Waals surface area contributed by atoms with Crippen LogP contribution in [-0.2, 0) is 19.6 Å². The molecule has 0 heterocycles. The van der Waals surface area contributed by atoms with Gasteiger partial charge in [0.15, 0.2) is 0 Å². The van der Waals surface area contributed by atoms with Gasteiger partial charge in [-0.15, -0.1) is 0 Å². The quantitative estimate of drug-likeness (QED) is 0.606. The van der Waals surface area contributed by atoms with E-state index in [0.717, 1.165) is 19.3 Å². The number of hydrogen-bond donors (Lipinski definition) is 1. The van der Waals surface area contributed by atoms with Gasteiger partial charge < -0.3 is 4.74 Å². The zero-order valence-electron chi connectivity index (χ0n) is 12.5. The number of sulfonamides is 1. The van der Waals surface area contributed by atoms with Crippen LogP contribution in [0.25, 0.3) is 0 Å². The third-order valence-corrected chi connectivity index (χ3v) is 6.79. The Bertz CT molecular complexity index is 651. The molecule has 5 unspecified atom stereocenters. The standard InChI is InChI=1S/C14H18F3NO4S/c1-7(2)12(19)22-13-8-3-4-10(13)9(5-8)11(13)6-18-23(20,21)14(15,16)17/h8-11,18H,1,3-6H2,2H3. The van der Waals surface area contributed by atoms with E-state index in [1.165, 1.54) is 6.92 Å². The van der Waals surface area contributed by atoms with E-state index in [1.807, 2.05) is 0 Å². The molecule has 23 heavy (non-hydrogen) atoms. The fourth-order valence-electron chi connectivity index (χ4n) is 4.79. The van der Waals surface area contributed by atoms with E-state index in [1.54, 1.807) is 4.72 Å². The van der Waals surface area contributed by atoms with Gasteiger partial charge in [-0.3, -0.25) is 0 Å². The minimum absolute atomic E-state index is 0.0983. The molecule has 4 rings (SSSR count). The van der Waals surface area contributed by atoms with Gasteiger partial charge in [0.25, 0.3) is 0 Å². The maximum absolute atomic E-state index is 12.4. The van der Waals surface area contributed by atoms with Crippen LogP contribution in [0.3, 0.4) is 0 Å². The summed E-state index contributed by atoms with van der Waals surface area (Å²) in [6.45, 7) is 4.67. The average molecular weight is 353 g/mol. The summed E-state index contributed by atoms with van der Waals surface area (Å²) in [4.78, 5) is 11.9. The molecular weight excluding hydrogens is 335 g/mol. The Labute approximate surface area is 132 Å². The molecule has 9 heteroatoms. The highest BCUT2D eigenvalue weighted by molar-refractivity contribution is 7.90. The molecule has 0 aromatic carbocycles. The molecule has 130 valence electrons. The third-order valence-electron chi connectivity index (χ3n) is 5.63. The second-order valence-electron chi connectivity index (χ2n) is 6.71. The third kappa shape index (κ3) is 2.23. The zero-order valence-corrected chi connectivity index (χ0v) is 13.3.